The predicted octanol–water partition coefficient (Wildman–Crippen LogP) is 3.39. The van der Waals surface area contributed by atoms with Crippen LogP contribution in [0.2, 0.25) is 0 Å². The van der Waals surface area contributed by atoms with Crippen molar-refractivity contribution in [2.24, 2.45) is 5.92 Å². The lowest BCUT2D eigenvalue weighted by molar-refractivity contribution is -0.154. The molecule has 7 heteroatoms. The molecule has 2 fully saturated rings. The summed E-state index contributed by atoms with van der Waals surface area (Å²) in [7, 11) is 0. The molecule has 1 aliphatic carbocycles. The van der Waals surface area contributed by atoms with Crippen LogP contribution in [0.1, 0.15) is 55.8 Å². The number of benzene rings is 2. The Balaban J connectivity index is 1.51. The predicted molar refractivity (Wildman–Crippen MR) is 120 cm³/mol. The molecule has 0 bridgehead atoms. The molecule has 7 nitrogen and oxygen atoms in total. The Morgan fingerprint density at radius 3 is 2.59 bits per heavy atom. The lowest BCUT2D eigenvalue weighted by Crippen LogP contribution is -2.45. The zero-order valence-corrected chi connectivity index (χ0v) is 18.4. The molecule has 2 N–H and O–H groups in total. The van der Waals surface area contributed by atoms with Gasteiger partial charge in [-0.2, -0.15) is 0 Å². The molecule has 2 amide bonds. The summed E-state index contributed by atoms with van der Waals surface area (Å²) in [5.74, 6) is -1.02. The molecule has 0 radical (unpaired) electrons. The third-order valence-electron chi connectivity index (χ3n) is 6.58. The maximum Gasteiger partial charge on any atom is 0.328 e. The van der Waals surface area contributed by atoms with Crippen LogP contribution in [0.4, 0.5) is 0 Å². The topological polar surface area (TPSA) is 95.9 Å². The average molecular weight is 439 g/mol. The van der Waals surface area contributed by atoms with E-state index in [4.69, 9.17) is 4.74 Å². The van der Waals surface area contributed by atoms with Gasteiger partial charge in [-0.3, -0.25) is 9.59 Å². The molecule has 1 heterocycles. The molecule has 2 aliphatic rings. The molecule has 2 unspecified atom stereocenters. The Bertz CT molecular complexity index is 1010. The number of phenols is 1. The third kappa shape index (κ3) is 4.42. The second-order valence-corrected chi connectivity index (χ2v) is 8.68. The number of likely N-dealkylation sites (tertiary alicyclic amines) is 1. The van der Waals surface area contributed by atoms with Gasteiger partial charge < -0.3 is 20.1 Å². The van der Waals surface area contributed by atoms with Gasteiger partial charge in [-0.25, -0.2) is 4.79 Å². The smallest absolute Gasteiger partial charge is 0.328 e. The number of nitrogens with one attached hydrogen (secondary N) is 1. The van der Waals surface area contributed by atoms with Crippen molar-refractivity contribution in [2.75, 3.05) is 13.2 Å². The largest absolute Gasteiger partial charge is 0.506 e. The van der Waals surface area contributed by atoms with Crippen LogP contribution in [-0.4, -0.2) is 53.0 Å². The molecule has 2 aromatic carbocycles. The highest BCUT2D eigenvalue weighted by molar-refractivity contribution is 6.03. The Hall–Kier alpha value is -3.09. The highest BCUT2D eigenvalue weighted by atomic mass is 16.5. The Labute approximate surface area is 187 Å². The molecule has 2 aromatic rings. The minimum Gasteiger partial charge on any atom is -0.506 e. The van der Waals surface area contributed by atoms with Crippen LogP contribution in [0.15, 0.2) is 36.4 Å². The van der Waals surface area contributed by atoms with Crippen LogP contribution in [0.3, 0.4) is 0 Å². The Morgan fingerprint density at radius 1 is 1.09 bits per heavy atom. The van der Waals surface area contributed by atoms with Crippen molar-refractivity contribution in [2.45, 2.75) is 57.5 Å². The number of aromatic hydroxyl groups is 1. The van der Waals surface area contributed by atoms with Crippen LogP contribution in [0.5, 0.6) is 5.75 Å². The van der Waals surface area contributed by atoms with Gasteiger partial charge >= 0.3 is 5.97 Å². The van der Waals surface area contributed by atoms with Gasteiger partial charge in [-0.1, -0.05) is 49.6 Å². The lowest BCUT2D eigenvalue weighted by Gasteiger charge is -2.29. The van der Waals surface area contributed by atoms with Crippen molar-refractivity contribution >= 4 is 28.6 Å². The summed E-state index contributed by atoms with van der Waals surface area (Å²) < 4.78 is 5.21. The SMILES string of the molecule is CCOC(=O)C1CC(NC(=O)c2ccc3ccccc3c2O)CN1C(=O)C1CCCCC1. The van der Waals surface area contributed by atoms with Gasteiger partial charge in [0.2, 0.25) is 5.91 Å². The number of amides is 2. The second-order valence-electron chi connectivity index (χ2n) is 8.68. The molecule has 0 aromatic heterocycles. The van der Waals surface area contributed by atoms with E-state index >= 15 is 0 Å². The van der Waals surface area contributed by atoms with Crippen molar-refractivity contribution < 1.29 is 24.2 Å². The molecule has 32 heavy (non-hydrogen) atoms. The van der Waals surface area contributed by atoms with Crippen LogP contribution in [0.25, 0.3) is 10.8 Å². The van der Waals surface area contributed by atoms with E-state index in [1.165, 1.54) is 0 Å². The number of hydrogen-bond acceptors (Lipinski definition) is 5. The number of carbonyl (C=O) groups excluding carboxylic acids is 3. The quantitative estimate of drug-likeness (QED) is 0.698. The van der Waals surface area contributed by atoms with Gasteiger partial charge in [0.25, 0.3) is 5.91 Å². The van der Waals surface area contributed by atoms with Crippen molar-refractivity contribution in [3.8, 4) is 5.75 Å². The fourth-order valence-electron chi connectivity index (χ4n) is 4.93. The second kappa shape index (κ2) is 9.59. The molecule has 4 rings (SSSR count). The van der Waals surface area contributed by atoms with Crippen molar-refractivity contribution in [1.82, 2.24) is 10.2 Å². The summed E-state index contributed by atoms with van der Waals surface area (Å²) in [6.45, 7) is 2.24. The van der Waals surface area contributed by atoms with Crippen molar-refractivity contribution in [3.63, 3.8) is 0 Å². The van der Waals surface area contributed by atoms with Crippen LogP contribution in [-0.2, 0) is 14.3 Å². The lowest BCUT2D eigenvalue weighted by atomic mass is 9.88. The van der Waals surface area contributed by atoms with E-state index < -0.39 is 24.0 Å². The third-order valence-corrected chi connectivity index (χ3v) is 6.58. The molecule has 1 saturated carbocycles. The van der Waals surface area contributed by atoms with Gasteiger partial charge in [-0.05, 0) is 31.2 Å². The normalized spacial score (nSPS) is 21.5. The van der Waals surface area contributed by atoms with Crippen LogP contribution < -0.4 is 5.32 Å². The van der Waals surface area contributed by atoms with E-state index in [1.54, 1.807) is 36.1 Å². The van der Waals surface area contributed by atoms with Gasteiger partial charge in [-0.15, -0.1) is 0 Å². The van der Waals surface area contributed by atoms with Crippen LogP contribution >= 0.6 is 0 Å². The highest BCUT2D eigenvalue weighted by Crippen LogP contribution is 2.31. The van der Waals surface area contributed by atoms with Gasteiger partial charge in [0.05, 0.1) is 12.2 Å². The molecular formula is C25H30N2O5. The first-order chi connectivity index (χ1) is 15.5. The van der Waals surface area contributed by atoms with Gasteiger partial charge in [0, 0.05) is 30.3 Å². The average Bonchev–Trinajstić information content (AvgIpc) is 3.23. The Morgan fingerprint density at radius 2 is 1.84 bits per heavy atom. The first-order valence-electron chi connectivity index (χ1n) is 11.5. The fourth-order valence-corrected chi connectivity index (χ4v) is 4.93. The standard InChI is InChI=1S/C25H30N2O5/c1-2-32-25(31)21-14-18(15-27(21)24(30)17-9-4-3-5-10-17)26-23(29)20-13-12-16-8-6-7-11-19(16)22(20)28/h6-8,11-13,17-18,21,28H,2-5,9-10,14-15H2,1H3,(H,26,29). The summed E-state index contributed by atoms with van der Waals surface area (Å²) in [5, 5.41) is 15.0. The fraction of sp³-hybridized carbons (Fsp3) is 0.480. The number of hydrogen-bond donors (Lipinski definition) is 2. The number of nitrogens with zero attached hydrogens (tertiary/aromatic N) is 1. The Kier molecular flexibility index (Phi) is 6.63. The number of fused-ring (bicyclic) bond motifs is 1. The maximum atomic E-state index is 13.2. The zero-order chi connectivity index (χ0) is 22.7. The summed E-state index contributed by atoms with van der Waals surface area (Å²) in [6, 6.07) is 9.60. The first kappa shape index (κ1) is 22.1. The van der Waals surface area contributed by atoms with E-state index in [1.807, 2.05) is 12.1 Å². The van der Waals surface area contributed by atoms with E-state index in [0.29, 0.717) is 11.8 Å². The minimum atomic E-state index is -0.695. The summed E-state index contributed by atoms with van der Waals surface area (Å²) in [5.41, 5.74) is 0.174. The molecule has 1 saturated heterocycles. The van der Waals surface area contributed by atoms with Gasteiger partial charge in [0.15, 0.2) is 0 Å². The molecular weight excluding hydrogens is 408 g/mol. The number of ether oxygens (including phenoxy) is 1. The van der Waals surface area contributed by atoms with E-state index in [2.05, 4.69) is 5.32 Å². The number of rotatable bonds is 5. The molecule has 1 aliphatic heterocycles. The minimum absolute atomic E-state index is 0.0203. The molecule has 2 atom stereocenters. The van der Waals surface area contributed by atoms with Crippen molar-refractivity contribution in [3.05, 3.63) is 42.0 Å². The summed E-state index contributed by atoms with van der Waals surface area (Å²) in [6.07, 6.45) is 5.17. The zero-order valence-electron chi connectivity index (χ0n) is 18.4. The van der Waals surface area contributed by atoms with Crippen LogP contribution in [0, 0.1) is 5.92 Å². The van der Waals surface area contributed by atoms with Gasteiger partial charge in [0.1, 0.15) is 11.8 Å². The monoisotopic (exact) mass is 438 g/mol. The van der Waals surface area contributed by atoms with Crippen molar-refractivity contribution in [1.29, 1.82) is 0 Å². The number of phenolic OH excluding ortho intramolecular Hbond substituents is 1. The molecule has 170 valence electrons. The highest BCUT2D eigenvalue weighted by Gasteiger charge is 2.43. The summed E-state index contributed by atoms with van der Waals surface area (Å²) >= 11 is 0. The number of carbonyl (C=O) groups is 3. The van der Waals surface area contributed by atoms with E-state index in [-0.39, 0.29) is 36.3 Å². The molecule has 0 spiro atoms. The van der Waals surface area contributed by atoms with E-state index in [9.17, 15) is 19.5 Å². The summed E-state index contributed by atoms with van der Waals surface area (Å²) in [4.78, 5) is 40.3. The number of esters is 1. The maximum absolute atomic E-state index is 13.2. The first-order valence-corrected chi connectivity index (χ1v) is 11.5. The van der Waals surface area contributed by atoms with E-state index in [0.717, 1.165) is 37.5 Å².